The van der Waals surface area contributed by atoms with E-state index in [4.69, 9.17) is 4.74 Å². The molecule has 0 amide bonds. The quantitative estimate of drug-likeness (QED) is 0.275. The fourth-order valence-corrected chi connectivity index (χ4v) is 0.335. The summed E-state index contributed by atoms with van der Waals surface area (Å²) in [6, 6.07) is 0. The van der Waals surface area contributed by atoms with Crippen molar-refractivity contribution in [3.63, 3.8) is 0 Å². The zero-order valence-electron chi connectivity index (χ0n) is 5.80. The average molecular weight is 181 g/mol. The molecule has 0 bridgehead atoms. The van der Waals surface area contributed by atoms with Gasteiger partial charge in [-0.05, 0) is 6.42 Å². The SMILES string of the molecule is CCCCO[CH-]C=O.[Zn]. The number of carbonyl (C=O) groups excluding carboxylic acids is 1. The zero-order valence-corrected chi connectivity index (χ0v) is 8.77. The van der Waals surface area contributed by atoms with E-state index >= 15 is 0 Å². The van der Waals surface area contributed by atoms with Gasteiger partial charge in [0.15, 0.2) is 0 Å². The van der Waals surface area contributed by atoms with E-state index in [1.807, 2.05) is 0 Å². The van der Waals surface area contributed by atoms with E-state index in [2.05, 4.69) is 6.92 Å². The third-order valence-corrected chi connectivity index (χ3v) is 0.768. The molecular formula is C6H11O2Zn-. The molecule has 0 aromatic heterocycles. The Balaban J connectivity index is 0. The van der Waals surface area contributed by atoms with Crippen molar-refractivity contribution in [1.29, 1.82) is 0 Å². The number of hydrogen-bond acceptors (Lipinski definition) is 2. The molecule has 0 fully saturated rings. The Kier molecular flexibility index (Phi) is 14.5. The summed E-state index contributed by atoms with van der Waals surface area (Å²) in [7, 11) is 0. The Morgan fingerprint density at radius 2 is 2.33 bits per heavy atom. The molecule has 0 saturated carbocycles. The van der Waals surface area contributed by atoms with Gasteiger partial charge < -0.3 is 9.53 Å². The Morgan fingerprint density at radius 3 is 2.78 bits per heavy atom. The molecule has 0 N–H and O–H groups in total. The summed E-state index contributed by atoms with van der Waals surface area (Å²) in [4.78, 5) is 9.59. The minimum atomic E-state index is 0. The molecule has 0 atom stereocenters. The fraction of sp³-hybridized carbons (Fsp3) is 0.667. The molecule has 0 aliphatic carbocycles. The summed E-state index contributed by atoms with van der Waals surface area (Å²) < 4.78 is 4.73. The first-order valence-corrected chi connectivity index (χ1v) is 2.80. The minimum Gasteiger partial charge on any atom is -0.526 e. The monoisotopic (exact) mass is 179 g/mol. The second kappa shape index (κ2) is 11.0. The van der Waals surface area contributed by atoms with E-state index in [9.17, 15) is 4.79 Å². The van der Waals surface area contributed by atoms with Crippen molar-refractivity contribution in [3.05, 3.63) is 6.61 Å². The fourth-order valence-electron chi connectivity index (χ4n) is 0.335. The molecule has 50 valence electrons. The van der Waals surface area contributed by atoms with Gasteiger partial charge in [-0.3, -0.25) is 0 Å². The van der Waals surface area contributed by atoms with E-state index < -0.39 is 0 Å². The van der Waals surface area contributed by atoms with Crippen LogP contribution in [-0.4, -0.2) is 12.9 Å². The number of aldehydes is 1. The van der Waals surface area contributed by atoms with Gasteiger partial charge in [-0.1, -0.05) is 13.3 Å². The topological polar surface area (TPSA) is 26.3 Å². The first-order chi connectivity index (χ1) is 3.91. The molecule has 0 heterocycles. The number of hydrogen-bond donors (Lipinski definition) is 0. The van der Waals surface area contributed by atoms with Crippen LogP contribution in [0.4, 0.5) is 0 Å². The number of ether oxygens (including phenoxy) is 1. The normalized spacial score (nSPS) is 7.67. The molecule has 3 heteroatoms. The van der Waals surface area contributed by atoms with Crippen molar-refractivity contribution in [1.82, 2.24) is 0 Å². The first-order valence-electron chi connectivity index (χ1n) is 2.80. The molecule has 0 aliphatic rings. The third kappa shape index (κ3) is 11.6. The molecule has 0 unspecified atom stereocenters. The molecule has 9 heavy (non-hydrogen) atoms. The molecule has 0 aliphatic heterocycles. The van der Waals surface area contributed by atoms with Crippen LogP contribution in [0.2, 0.25) is 0 Å². The van der Waals surface area contributed by atoms with E-state index in [1.54, 1.807) is 0 Å². The molecular weight excluding hydrogens is 169 g/mol. The van der Waals surface area contributed by atoms with Gasteiger partial charge in [-0.15, -0.1) is 0 Å². The van der Waals surface area contributed by atoms with Gasteiger partial charge in [-0.25, -0.2) is 6.61 Å². The largest absolute Gasteiger partial charge is 0.526 e. The van der Waals surface area contributed by atoms with E-state index in [-0.39, 0.29) is 19.5 Å². The third-order valence-electron chi connectivity index (χ3n) is 0.768. The molecule has 0 saturated heterocycles. The van der Waals surface area contributed by atoms with Crippen LogP contribution in [0.5, 0.6) is 0 Å². The van der Waals surface area contributed by atoms with Gasteiger partial charge >= 0.3 is 0 Å². The van der Waals surface area contributed by atoms with Gasteiger partial charge in [0.2, 0.25) is 0 Å². The van der Waals surface area contributed by atoms with Crippen molar-refractivity contribution in [2.24, 2.45) is 0 Å². The van der Waals surface area contributed by atoms with E-state index in [0.29, 0.717) is 12.9 Å². The Hall–Kier alpha value is 0.123. The second-order valence-corrected chi connectivity index (χ2v) is 1.50. The van der Waals surface area contributed by atoms with Crippen LogP contribution in [0.25, 0.3) is 0 Å². The Labute approximate surface area is 68.7 Å². The second-order valence-electron chi connectivity index (χ2n) is 1.50. The number of unbranched alkanes of at least 4 members (excludes halogenated alkanes) is 1. The zero-order chi connectivity index (χ0) is 6.24. The molecule has 0 rings (SSSR count). The van der Waals surface area contributed by atoms with Crippen molar-refractivity contribution in [2.45, 2.75) is 19.8 Å². The van der Waals surface area contributed by atoms with Crippen LogP contribution in [0.15, 0.2) is 0 Å². The van der Waals surface area contributed by atoms with Crippen molar-refractivity contribution in [3.8, 4) is 0 Å². The van der Waals surface area contributed by atoms with Gasteiger partial charge in [-0.2, -0.15) is 0 Å². The summed E-state index contributed by atoms with van der Waals surface area (Å²) in [5.74, 6) is 0. The summed E-state index contributed by atoms with van der Waals surface area (Å²) in [5, 5.41) is 0. The maximum atomic E-state index is 9.59. The average Bonchev–Trinajstić information content (AvgIpc) is 1.81. The van der Waals surface area contributed by atoms with Crippen LogP contribution >= 0.6 is 0 Å². The summed E-state index contributed by atoms with van der Waals surface area (Å²) >= 11 is 0. The van der Waals surface area contributed by atoms with E-state index in [1.165, 1.54) is 6.61 Å². The number of carbonyl (C=O) groups is 1. The first kappa shape index (κ1) is 11.9. The Morgan fingerprint density at radius 1 is 1.67 bits per heavy atom. The smallest absolute Gasteiger partial charge is 0.0143 e. The van der Waals surface area contributed by atoms with Crippen molar-refractivity contribution < 1.29 is 29.0 Å². The summed E-state index contributed by atoms with van der Waals surface area (Å²) in [6.07, 6.45) is 2.77. The van der Waals surface area contributed by atoms with Crippen LogP contribution < -0.4 is 0 Å². The van der Waals surface area contributed by atoms with Gasteiger partial charge in [0, 0.05) is 32.4 Å². The number of rotatable bonds is 5. The summed E-state index contributed by atoms with van der Waals surface area (Å²) in [5.41, 5.74) is 0. The van der Waals surface area contributed by atoms with Crippen LogP contribution in [0.1, 0.15) is 19.8 Å². The summed E-state index contributed by atoms with van der Waals surface area (Å²) in [6.45, 7) is 3.91. The molecule has 2 nitrogen and oxygen atoms in total. The van der Waals surface area contributed by atoms with Gasteiger partial charge in [0.25, 0.3) is 0 Å². The predicted octanol–water partition coefficient (Wildman–Crippen LogP) is 1.16. The molecule has 0 spiro atoms. The van der Waals surface area contributed by atoms with Crippen LogP contribution in [-0.2, 0) is 29.0 Å². The van der Waals surface area contributed by atoms with Crippen LogP contribution in [0.3, 0.4) is 0 Å². The maximum absolute atomic E-state index is 9.59. The predicted molar refractivity (Wildman–Crippen MR) is 31.2 cm³/mol. The van der Waals surface area contributed by atoms with Crippen LogP contribution in [0, 0.1) is 6.61 Å². The molecule has 0 radical (unpaired) electrons. The maximum Gasteiger partial charge on any atom is 0.0143 e. The molecule has 0 aromatic rings. The van der Waals surface area contributed by atoms with Gasteiger partial charge in [0.1, 0.15) is 0 Å². The minimum absolute atomic E-state index is 0. The van der Waals surface area contributed by atoms with Crippen molar-refractivity contribution >= 4 is 6.29 Å². The Bertz CT molecular complexity index is 57.0. The van der Waals surface area contributed by atoms with Gasteiger partial charge in [0.05, 0.1) is 0 Å². The van der Waals surface area contributed by atoms with E-state index in [0.717, 1.165) is 12.8 Å². The van der Waals surface area contributed by atoms with Crippen molar-refractivity contribution in [2.75, 3.05) is 6.61 Å². The standard InChI is InChI=1S/C6H11O2.Zn/c1-2-3-5-8-6-4-7;/h4,6H,2-3,5H2,1H3;/q-1;. The molecule has 0 aromatic carbocycles.